The molecule has 2 aromatic heterocycles. The number of carbonyl (C=O) groups excluding carboxylic acids is 1. The van der Waals surface area contributed by atoms with Gasteiger partial charge in [0.05, 0.1) is 18.1 Å². The number of H-pyrrole nitrogens is 1. The Labute approximate surface area is 186 Å². The van der Waals surface area contributed by atoms with Crippen molar-refractivity contribution in [2.45, 2.75) is 26.3 Å². The largest absolute Gasteiger partial charge is 0.368 e. The van der Waals surface area contributed by atoms with Gasteiger partial charge in [0.2, 0.25) is 5.95 Å². The van der Waals surface area contributed by atoms with E-state index in [0.29, 0.717) is 30.2 Å². The smallest absolute Gasteiger partial charge is 0.285 e. The van der Waals surface area contributed by atoms with E-state index in [0.717, 1.165) is 5.57 Å². The number of nitrogens with zero attached hydrogens (tertiary/aromatic N) is 6. The van der Waals surface area contributed by atoms with Crippen LogP contribution in [0, 0.1) is 5.82 Å². The normalized spacial score (nSPS) is 16.8. The molecule has 3 aromatic rings. The number of anilines is 3. The first-order chi connectivity index (χ1) is 15.8. The zero-order chi connectivity index (χ0) is 23.3. The number of fused-ring (bicyclic) bond motifs is 2. The maximum atomic E-state index is 14.0. The molecule has 0 spiro atoms. The molecule has 11 nitrogen and oxygen atoms in total. The van der Waals surface area contributed by atoms with Gasteiger partial charge in [0, 0.05) is 6.54 Å². The van der Waals surface area contributed by atoms with Crippen molar-refractivity contribution in [3.8, 4) is 0 Å². The molecule has 168 valence electrons. The quantitative estimate of drug-likeness (QED) is 0.544. The Morgan fingerprint density at radius 2 is 2.09 bits per heavy atom. The second kappa shape index (κ2) is 7.65. The van der Waals surface area contributed by atoms with Crippen molar-refractivity contribution < 1.29 is 9.18 Å². The molecule has 2 aliphatic heterocycles. The van der Waals surface area contributed by atoms with Crippen molar-refractivity contribution in [3.63, 3.8) is 0 Å². The number of benzene rings is 1. The SMILES string of the molecule is CC1=C2C(=O)N(c3cccc(F)c3)C(C(C)Nc3nc(N)nc4[nH]cnc(=O)c34)=NN2CC1. The molecule has 0 radical (unpaired) electrons. The summed E-state index contributed by atoms with van der Waals surface area (Å²) in [6.07, 6.45) is 1.92. The third-order valence-corrected chi connectivity index (χ3v) is 5.55. The molecule has 1 atom stereocenters. The van der Waals surface area contributed by atoms with Gasteiger partial charge < -0.3 is 16.0 Å². The van der Waals surface area contributed by atoms with Crippen LogP contribution in [0.5, 0.6) is 0 Å². The first-order valence-electron chi connectivity index (χ1n) is 10.3. The van der Waals surface area contributed by atoms with Crippen molar-refractivity contribution in [2.24, 2.45) is 5.10 Å². The number of halogens is 1. The lowest BCUT2D eigenvalue weighted by Gasteiger charge is -2.35. The number of nitrogens with one attached hydrogen (secondary N) is 2. The van der Waals surface area contributed by atoms with Gasteiger partial charge in [-0.2, -0.15) is 20.1 Å². The van der Waals surface area contributed by atoms with Gasteiger partial charge in [0.1, 0.15) is 22.7 Å². The Morgan fingerprint density at radius 3 is 2.88 bits per heavy atom. The number of amides is 1. The minimum absolute atomic E-state index is 0.0527. The van der Waals surface area contributed by atoms with E-state index in [2.05, 4.69) is 30.4 Å². The number of nitrogens with two attached hydrogens (primary N) is 1. The number of rotatable bonds is 4. The molecule has 12 heteroatoms. The lowest BCUT2D eigenvalue weighted by molar-refractivity contribution is -0.116. The third kappa shape index (κ3) is 3.45. The molecule has 2 aliphatic rings. The van der Waals surface area contributed by atoms with Crippen molar-refractivity contribution >= 4 is 40.2 Å². The maximum absolute atomic E-state index is 14.0. The Balaban J connectivity index is 1.61. The predicted octanol–water partition coefficient (Wildman–Crippen LogP) is 1.57. The van der Waals surface area contributed by atoms with Crippen molar-refractivity contribution in [3.05, 3.63) is 58.0 Å². The topological polar surface area (TPSA) is 145 Å². The van der Waals surface area contributed by atoms with Crippen LogP contribution in [0.2, 0.25) is 0 Å². The van der Waals surface area contributed by atoms with Crippen LogP contribution in [0.15, 0.2) is 51.8 Å². The molecule has 4 N–H and O–H groups in total. The molecule has 1 amide bonds. The number of hydrogen-bond donors (Lipinski definition) is 3. The minimum Gasteiger partial charge on any atom is -0.368 e. The van der Waals surface area contributed by atoms with Gasteiger partial charge in [-0.05, 0) is 44.0 Å². The molecule has 0 bridgehead atoms. The number of aromatic amines is 1. The van der Waals surface area contributed by atoms with Crippen LogP contribution in [0.1, 0.15) is 20.3 Å². The first-order valence-corrected chi connectivity index (χ1v) is 10.3. The minimum atomic E-state index is -0.628. The van der Waals surface area contributed by atoms with Crippen LogP contribution >= 0.6 is 0 Å². The fraction of sp³-hybridized carbons (Fsp3) is 0.238. The highest BCUT2D eigenvalue weighted by Gasteiger charge is 2.39. The van der Waals surface area contributed by atoms with Crippen LogP contribution in [0.3, 0.4) is 0 Å². The van der Waals surface area contributed by atoms with Gasteiger partial charge in [0.25, 0.3) is 11.5 Å². The highest BCUT2D eigenvalue weighted by Crippen LogP contribution is 2.32. The second-order valence-electron chi connectivity index (χ2n) is 7.81. The van der Waals surface area contributed by atoms with E-state index in [1.807, 2.05) is 6.92 Å². The van der Waals surface area contributed by atoms with E-state index in [9.17, 15) is 14.0 Å². The highest BCUT2D eigenvalue weighted by molar-refractivity contribution is 6.25. The summed E-state index contributed by atoms with van der Waals surface area (Å²) in [4.78, 5) is 42.0. The molecule has 0 aliphatic carbocycles. The number of hydrazone groups is 1. The van der Waals surface area contributed by atoms with Crippen LogP contribution in [-0.4, -0.2) is 49.3 Å². The summed E-state index contributed by atoms with van der Waals surface area (Å²) in [5.41, 5.74) is 7.23. The predicted molar refractivity (Wildman–Crippen MR) is 121 cm³/mol. The van der Waals surface area contributed by atoms with E-state index in [1.54, 1.807) is 18.0 Å². The molecule has 4 heterocycles. The summed E-state index contributed by atoms with van der Waals surface area (Å²) in [6, 6.07) is 5.11. The number of aromatic nitrogens is 4. The zero-order valence-electron chi connectivity index (χ0n) is 17.8. The Hall–Kier alpha value is -4.35. The maximum Gasteiger partial charge on any atom is 0.285 e. The van der Waals surface area contributed by atoms with Gasteiger partial charge in [-0.25, -0.2) is 4.39 Å². The summed E-state index contributed by atoms with van der Waals surface area (Å²) in [6.45, 7) is 4.20. The fourth-order valence-corrected chi connectivity index (χ4v) is 4.02. The number of nitrogen functional groups attached to an aromatic ring is 1. The van der Waals surface area contributed by atoms with E-state index >= 15 is 0 Å². The monoisotopic (exact) mass is 449 g/mol. The fourth-order valence-electron chi connectivity index (χ4n) is 4.02. The van der Waals surface area contributed by atoms with Crippen molar-refractivity contribution in [1.82, 2.24) is 24.9 Å². The summed E-state index contributed by atoms with van der Waals surface area (Å²) in [5, 5.41) is 9.58. The zero-order valence-corrected chi connectivity index (χ0v) is 17.8. The van der Waals surface area contributed by atoms with Gasteiger partial charge in [-0.15, -0.1) is 0 Å². The van der Waals surface area contributed by atoms with Crippen molar-refractivity contribution in [1.29, 1.82) is 0 Å². The standard InChI is InChI=1S/C21H20FN9O2/c1-10-6-7-30-15(10)20(33)31(13-5-3-4-12(22)8-13)18(29-30)11(2)26-17-14-16(27-21(23)28-17)24-9-25-19(14)32/h3-5,8-9,11H,6-7H2,1-2H3,(H4,23,24,25,26,27,28,32). The van der Waals surface area contributed by atoms with Crippen molar-refractivity contribution in [2.75, 3.05) is 22.5 Å². The van der Waals surface area contributed by atoms with E-state index in [1.165, 1.54) is 29.4 Å². The van der Waals surface area contributed by atoms with Gasteiger partial charge in [-0.3, -0.25) is 19.5 Å². The summed E-state index contributed by atoms with van der Waals surface area (Å²) in [5.74, 6) is -0.377. The molecule has 33 heavy (non-hydrogen) atoms. The molecule has 0 fully saturated rings. The molecular formula is C21H20FN9O2. The molecule has 0 saturated carbocycles. The highest BCUT2D eigenvalue weighted by atomic mass is 19.1. The number of amidine groups is 1. The van der Waals surface area contributed by atoms with Crippen LogP contribution < -0.4 is 21.5 Å². The van der Waals surface area contributed by atoms with Crippen LogP contribution in [-0.2, 0) is 4.79 Å². The molecule has 0 saturated heterocycles. The van der Waals surface area contributed by atoms with Crippen LogP contribution in [0.25, 0.3) is 11.0 Å². The van der Waals surface area contributed by atoms with Gasteiger partial charge >= 0.3 is 0 Å². The second-order valence-corrected chi connectivity index (χ2v) is 7.81. The van der Waals surface area contributed by atoms with Gasteiger partial charge in [0.15, 0.2) is 11.5 Å². The molecule has 1 unspecified atom stereocenters. The average Bonchev–Trinajstić information content (AvgIpc) is 3.14. The van der Waals surface area contributed by atoms with E-state index in [-0.39, 0.29) is 28.7 Å². The number of hydrogen-bond acceptors (Lipinski definition) is 9. The lowest BCUT2D eigenvalue weighted by Crippen LogP contribution is -2.51. The summed E-state index contributed by atoms with van der Waals surface area (Å²) in [7, 11) is 0. The molecule has 1 aromatic carbocycles. The summed E-state index contributed by atoms with van der Waals surface area (Å²) < 4.78 is 14.0. The molecule has 5 rings (SSSR count). The van der Waals surface area contributed by atoms with Gasteiger partial charge in [-0.1, -0.05) is 6.07 Å². The molecular weight excluding hydrogens is 429 g/mol. The first kappa shape index (κ1) is 20.5. The van der Waals surface area contributed by atoms with Crippen LogP contribution in [0.4, 0.5) is 21.8 Å². The Kier molecular flexibility index (Phi) is 4.77. The Morgan fingerprint density at radius 1 is 1.27 bits per heavy atom. The van der Waals surface area contributed by atoms with E-state index < -0.39 is 17.4 Å². The van der Waals surface area contributed by atoms with E-state index in [4.69, 9.17) is 5.73 Å². The number of carbonyl (C=O) groups is 1. The Bertz CT molecular complexity index is 1410. The third-order valence-electron chi connectivity index (χ3n) is 5.55. The summed E-state index contributed by atoms with van der Waals surface area (Å²) >= 11 is 0. The average molecular weight is 449 g/mol. The lowest BCUT2D eigenvalue weighted by atomic mass is 10.1.